The van der Waals surface area contributed by atoms with Gasteiger partial charge in [-0.15, -0.1) is 11.3 Å². The molecule has 3 heterocycles. The first-order chi connectivity index (χ1) is 13.1. The number of thiophene rings is 1. The van der Waals surface area contributed by atoms with E-state index in [0.29, 0.717) is 15.7 Å². The predicted molar refractivity (Wildman–Crippen MR) is 113 cm³/mol. The number of nitrogen functional groups attached to an aromatic ring is 1. The van der Waals surface area contributed by atoms with Crippen LogP contribution < -0.4 is 11.1 Å². The molecule has 1 aromatic carbocycles. The number of benzene rings is 1. The summed E-state index contributed by atoms with van der Waals surface area (Å²) in [6.07, 6.45) is 4.42. The largest absolute Gasteiger partial charge is 0.397 e. The van der Waals surface area contributed by atoms with Gasteiger partial charge in [0.15, 0.2) is 5.13 Å². The quantitative estimate of drug-likeness (QED) is 0.505. The Labute approximate surface area is 164 Å². The number of hydrogen-bond donors (Lipinski definition) is 2. The van der Waals surface area contributed by atoms with Crippen molar-refractivity contribution in [3.05, 3.63) is 46.0 Å². The average molecular weight is 395 g/mol. The van der Waals surface area contributed by atoms with Crippen molar-refractivity contribution >= 4 is 59.8 Å². The van der Waals surface area contributed by atoms with Gasteiger partial charge in [0.25, 0.3) is 5.91 Å². The molecule has 7 heteroatoms. The van der Waals surface area contributed by atoms with Crippen LogP contribution in [0.5, 0.6) is 0 Å². The van der Waals surface area contributed by atoms with E-state index in [1.54, 1.807) is 0 Å². The first kappa shape index (κ1) is 16.6. The monoisotopic (exact) mass is 394 g/mol. The third-order valence-corrected chi connectivity index (χ3v) is 7.02. The number of pyridine rings is 1. The molecule has 0 unspecified atom stereocenters. The molecule has 1 amide bonds. The Bertz CT molecular complexity index is 1210. The fraction of sp³-hybridized carbons (Fsp3) is 0.250. The van der Waals surface area contributed by atoms with Gasteiger partial charge >= 0.3 is 0 Å². The number of anilines is 2. The summed E-state index contributed by atoms with van der Waals surface area (Å²) in [4.78, 5) is 23.5. The van der Waals surface area contributed by atoms with Crippen LogP contribution in [0, 0.1) is 6.92 Å². The van der Waals surface area contributed by atoms with E-state index in [1.807, 2.05) is 19.1 Å². The molecular formula is C20H18N4OS2. The van der Waals surface area contributed by atoms with Crippen molar-refractivity contribution in [1.82, 2.24) is 9.97 Å². The molecule has 3 aromatic heterocycles. The predicted octanol–water partition coefficient (Wildman–Crippen LogP) is 4.93. The highest BCUT2D eigenvalue weighted by Crippen LogP contribution is 2.36. The van der Waals surface area contributed by atoms with Crippen LogP contribution >= 0.6 is 22.7 Å². The lowest BCUT2D eigenvalue weighted by molar-refractivity contribution is 0.103. The van der Waals surface area contributed by atoms with Crippen molar-refractivity contribution in [3.8, 4) is 0 Å². The SMILES string of the molecule is Cc1ccc2nc(NC(=O)c3sc4nc5c(cc4c3N)CCCC5)sc2c1. The van der Waals surface area contributed by atoms with Crippen LogP contribution in [-0.2, 0) is 12.8 Å². The average Bonchev–Trinajstić information content (AvgIpc) is 3.20. The molecule has 136 valence electrons. The minimum atomic E-state index is -0.218. The highest BCUT2D eigenvalue weighted by molar-refractivity contribution is 7.23. The van der Waals surface area contributed by atoms with E-state index in [2.05, 4.69) is 22.4 Å². The number of amides is 1. The normalized spacial score (nSPS) is 13.8. The smallest absolute Gasteiger partial charge is 0.269 e. The fourth-order valence-corrected chi connectivity index (χ4v) is 5.52. The van der Waals surface area contributed by atoms with Crippen LogP contribution in [0.4, 0.5) is 10.8 Å². The molecule has 4 aromatic rings. The Kier molecular flexibility index (Phi) is 3.87. The molecule has 0 radical (unpaired) electrons. The maximum Gasteiger partial charge on any atom is 0.269 e. The zero-order valence-electron chi connectivity index (χ0n) is 14.8. The van der Waals surface area contributed by atoms with E-state index >= 15 is 0 Å². The molecule has 0 aliphatic heterocycles. The van der Waals surface area contributed by atoms with Crippen molar-refractivity contribution in [2.24, 2.45) is 0 Å². The molecule has 0 atom stereocenters. The molecule has 0 spiro atoms. The van der Waals surface area contributed by atoms with E-state index in [1.165, 1.54) is 46.6 Å². The topological polar surface area (TPSA) is 80.9 Å². The maximum atomic E-state index is 12.8. The summed E-state index contributed by atoms with van der Waals surface area (Å²) >= 11 is 2.83. The lowest BCUT2D eigenvalue weighted by Crippen LogP contribution is -2.11. The van der Waals surface area contributed by atoms with Gasteiger partial charge in [-0.3, -0.25) is 10.1 Å². The van der Waals surface area contributed by atoms with Gasteiger partial charge in [-0.2, -0.15) is 0 Å². The van der Waals surface area contributed by atoms with E-state index in [4.69, 9.17) is 10.7 Å². The van der Waals surface area contributed by atoms with Crippen LogP contribution in [0.15, 0.2) is 24.3 Å². The molecule has 1 aliphatic rings. The number of aryl methyl sites for hydroxylation is 3. The number of carbonyl (C=O) groups is 1. The standard InChI is InChI=1S/C20H18N4OS2/c1-10-6-7-14-15(8-10)26-20(23-14)24-18(25)17-16(21)12-9-11-4-2-3-5-13(11)22-19(12)27-17/h6-9H,2-5,21H2,1H3,(H,23,24,25). The van der Waals surface area contributed by atoms with Gasteiger partial charge in [0.2, 0.25) is 0 Å². The summed E-state index contributed by atoms with van der Waals surface area (Å²) in [5.41, 5.74) is 11.3. The Morgan fingerprint density at radius 2 is 2.00 bits per heavy atom. The zero-order valence-corrected chi connectivity index (χ0v) is 16.5. The second-order valence-electron chi connectivity index (χ2n) is 6.94. The number of thiazole rings is 1. The first-order valence-electron chi connectivity index (χ1n) is 8.98. The van der Waals surface area contributed by atoms with Crippen molar-refractivity contribution < 1.29 is 4.79 Å². The maximum absolute atomic E-state index is 12.8. The summed E-state index contributed by atoms with van der Waals surface area (Å²) in [6.45, 7) is 2.04. The Balaban J connectivity index is 1.50. The Hall–Kier alpha value is -2.51. The first-order valence-corrected chi connectivity index (χ1v) is 10.6. The van der Waals surface area contributed by atoms with Gasteiger partial charge in [-0.25, -0.2) is 9.97 Å². The summed E-state index contributed by atoms with van der Waals surface area (Å²) < 4.78 is 1.06. The van der Waals surface area contributed by atoms with Crippen LogP contribution in [0.3, 0.4) is 0 Å². The lowest BCUT2D eigenvalue weighted by atomic mass is 9.95. The summed E-state index contributed by atoms with van der Waals surface area (Å²) in [5.74, 6) is -0.218. The summed E-state index contributed by atoms with van der Waals surface area (Å²) in [7, 11) is 0. The second-order valence-corrected chi connectivity index (χ2v) is 8.97. The molecule has 0 saturated carbocycles. The van der Waals surface area contributed by atoms with Gasteiger partial charge in [0.05, 0.1) is 15.9 Å². The zero-order chi connectivity index (χ0) is 18.5. The Morgan fingerprint density at radius 3 is 2.89 bits per heavy atom. The number of aromatic nitrogens is 2. The third kappa shape index (κ3) is 2.87. The number of nitrogens with two attached hydrogens (primary N) is 1. The van der Waals surface area contributed by atoms with Gasteiger partial charge in [-0.05, 0) is 61.9 Å². The third-order valence-electron chi connectivity index (χ3n) is 4.97. The molecule has 27 heavy (non-hydrogen) atoms. The number of nitrogens with zero attached hydrogens (tertiary/aromatic N) is 2. The molecule has 3 N–H and O–H groups in total. The number of carbonyl (C=O) groups excluding carboxylic acids is 1. The van der Waals surface area contributed by atoms with Crippen LogP contribution in [0.1, 0.15) is 39.3 Å². The number of nitrogens with one attached hydrogen (secondary N) is 1. The highest BCUT2D eigenvalue weighted by Gasteiger charge is 2.21. The van der Waals surface area contributed by atoms with Gasteiger partial charge in [0.1, 0.15) is 9.71 Å². The minimum Gasteiger partial charge on any atom is -0.397 e. The summed E-state index contributed by atoms with van der Waals surface area (Å²) in [6, 6.07) is 8.19. The highest BCUT2D eigenvalue weighted by atomic mass is 32.1. The van der Waals surface area contributed by atoms with Crippen molar-refractivity contribution in [2.45, 2.75) is 32.6 Å². The Morgan fingerprint density at radius 1 is 1.15 bits per heavy atom. The van der Waals surface area contributed by atoms with E-state index < -0.39 is 0 Å². The van der Waals surface area contributed by atoms with Gasteiger partial charge < -0.3 is 5.73 Å². The van der Waals surface area contributed by atoms with Gasteiger partial charge in [-0.1, -0.05) is 17.4 Å². The number of hydrogen-bond acceptors (Lipinski definition) is 6. The molecular weight excluding hydrogens is 376 g/mol. The summed E-state index contributed by atoms with van der Waals surface area (Å²) in [5, 5.41) is 4.39. The van der Waals surface area contributed by atoms with E-state index in [0.717, 1.165) is 39.0 Å². The fourth-order valence-electron chi connectivity index (χ4n) is 3.57. The minimum absolute atomic E-state index is 0.218. The van der Waals surface area contributed by atoms with Crippen LogP contribution in [-0.4, -0.2) is 15.9 Å². The molecule has 1 aliphatic carbocycles. The lowest BCUT2D eigenvalue weighted by Gasteiger charge is -2.14. The number of rotatable bonds is 2. The second kappa shape index (κ2) is 6.28. The van der Waals surface area contributed by atoms with E-state index in [9.17, 15) is 4.79 Å². The molecule has 0 saturated heterocycles. The molecule has 0 bridgehead atoms. The molecule has 5 nitrogen and oxygen atoms in total. The van der Waals surface area contributed by atoms with Crippen molar-refractivity contribution in [3.63, 3.8) is 0 Å². The number of fused-ring (bicyclic) bond motifs is 3. The van der Waals surface area contributed by atoms with Crippen LogP contribution in [0.25, 0.3) is 20.4 Å². The van der Waals surface area contributed by atoms with Crippen LogP contribution in [0.2, 0.25) is 0 Å². The molecule has 0 fully saturated rings. The van der Waals surface area contributed by atoms with Gasteiger partial charge in [0, 0.05) is 11.1 Å². The van der Waals surface area contributed by atoms with Crippen molar-refractivity contribution in [2.75, 3.05) is 11.1 Å². The van der Waals surface area contributed by atoms with E-state index in [-0.39, 0.29) is 5.91 Å². The van der Waals surface area contributed by atoms with Crippen molar-refractivity contribution in [1.29, 1.82) is 0 Å². The molecule has 5 rings (SSSR count).